The number of nitrogens with zero attached hydrogens (tertiary/aromatic N) is 1. The zero-order valence-electron chi connectivity index (χ0n) is 17.7. The van der Waals surface area contributed by atoms with Crippen molar-refractivity contribution in [1.29, 1.82) is 0 Å². The van der Waals surface area contributed by atoms with Crippen LogP contribution in [-0.4, -0.2) is 16.5 Å². The molecule has 2 heteroatoms. The highest BCUT2D eigenvalue weighted by molar-refractivity contribution is 5.61. The first-order valence-electron chi connectivity index (χ1n) is 11.2. The monoisotopic (exact) mass is 351 g/mol. The third-order valence-electron chi connectivity index (χ3n) is 5.90. The van der Waals surface area contributed by atoms with E-state index in [9.17, 15) is 5.21 Å². The SMILES string of the molecule is CCCCCCCCCCCCCCCCC1(C)CC(C)(C)C=[N+]1[O-]. The lowest BCUT2D eigenvalue weighted by Gasteiger charge is -2.24. The highest BCUT2D eigenvalue weighted by Gasteiger charge is 2.45. The van der Waals surface area contributed by atoms with E-state index in [4.69, 9.17) is 0 Å². The highest BCUT2D eigenvalue weighted by atomic mass is 16.5. The number of hydroxylamine groups is 1. The van der Waals surface area contributed by atoms with E-state index in [1.807, 2.05) is 6.21 Å². The molecule has 0 saturated heterocycles. The van der Waals surface area contributed by atoms with Gasteiger partial charge in [-0.15, -0.1) is 0 Å². The van der Waals surface area contributed by atoms with Gasteiger partial charge in [0.15, 0.2) is 11.8 Å². The summed E-state index contributed by atoms with van der Waals surface area (Å²) in [7, 11) is 0. The van der Waals surface area contributed by atoms with Crippen LogP contribution in [0.2, 0.25) is 0 Å². The second-order valence-electron chi connectivity index (χ2n) is 9.46. The van der Waals surface area contributed by atoms with Gasteiger partial charge in [-0.25, -0.2) is 4.74 Å². The quantitative estimate of drug-likeness (QED) is 0.169. The fraction of sp³-hybridized carbons (Fsp3) is 0.957. The topological polar surface area (TPSA) is 26.1 Å². The molecule has 2 nitrogen and oxygen atoms in total. The molecular formula is C23H45NO. The first-order chi connectivity index (χ1) is 11.9. The van der Waals surface area contributed by atoms with Crippen molar-refractivity contribution in [2.24, 2.45) is 5.41 Å². The van der Waals surface area contributed by atoms with Gasteiger partial charge in [0.2, 0.25) is 0 Å². The Balaban J connectivity index is 1.87. The zero-order chi connectivity index (χ0) is 18.6. The van der Waals surface area contributed by atoms with Gasteiger partial charge in [-0.05, 0) is 6.42 Å². The molecular weight excluding hydrogens is 306 g/mol. The molecule has 0 saturated carbocycles. The van der Waals surface area contributed by atoms with E-state index in [1.165, 1.54) is 94.6 Å². The van der Waals surface area contributed by atoms with E-state index in [-0.39, 0.29) is 11.0 Å². The average molecular weight is 352 g/mol. The summed E-state index contributed by atoms with van der Waals surface area (Å²) in [4.78, 5) is 0. The smallest absolute Gasteiger partial charge is 0.170 e. The molecule has 1 heterocycles. The molecule has 25 heavy (non-hydrogen) atoms. The van der Waals surface area contributed by atoms with E-state index in [2.05, 4.69) is 27.7 Å². The summed E-state index contributed by atoms with van der Waals surface area (Å²) in [5.41, 5.74) is -0.0763. The second-order valence-corrected chi connectivity index (χ2v) is 9.46. The Labute approximate surface area is 158 Å². The summed E-state index contributed by atoms with van der Waals surface area (Å²) in [5.74, 6) is 0. The van der Waals surface area contributed by atoms with E-state index in [0.717, 1.165) is 12.8 Å². The molecule has 0 aromatic heterocycles. The van der Waals surface area contributed by atoms with Gasteiger partial charge < -0.3 is 5.21 Å². The van der Waals surface area contributed by atoms with Crippen LogP contribution < -0.4 is 0 Å². The van der Waals surface area contributed by atoms with Crippen molar-refractivity contribution in [1.82, 2.24) is 0 Å². The maximum atomic E-state index is 12.1. The molecule has 0 aliphatic carbocycles. The normalized spacial score (nSPS) is 22.3. The summed E-state index contributed by atoms with van der Waals surface area (Å²) in [6, 6.07) is 0. The Kier molecular flexibility index (Phi) is 10.8. The predicted molar refractivity (Wildman–Crippen MR) is 111 cm³/mol. The van der Waals surface area contributed by atoms with Crippen molar-refractivity contribution in [3.05, 3.63) is 5.21 Å². The molecule has 0 amide bonds. The maximum Gasteiger partial charge on any atom is 0.170 e. The molecule has 148 valence electrons. The summed E-state index contributed by atoms with van der Waals surface area (Å²) < 4.78 is 1.25. The van der Waals surface area contributed by atoms with Gasteiger partial charge in [-0.1, -0.05) is 104 Å². The van der Waals surface area contributed by atoms with E-state index >= 15 is 0 Å². The molecule has 1 aliphatic rings. The molecule has 1 rings (SSSR count). The van der Waals surface area contributed by atoms with Crippen molar-refractivity contribution in [2.75, 3.05) is 0 Å². The lowest BCUT2D eigenvalue weighted by molar-refractivity contribution is -0.534. The Morgan fingerprint density at radius 2 is 1.12 bits per heavy atom. The highest BCUT2D eigenvalue weighted by Crippen LogP contribution is 2.37. The Bertz CT molecular complexity index is 374. The van der Waals surface area contributed by atoms with Gasteiger partial charge >= 0.3 is 0 Å². The number of hydrogen-bond acceptors (Lipinski definition) is 1. The van der Waals surface area contributed by atoms with Gasteiger partial charge in [-0.3, -0.25) is 0 Å². The molecule has 0 radical (unpaired) electrons. The molecule has 1 atom stereocenters. The van der Waals surface area contributed by atoms with Crippen molar-refractivity contribution in [3.8, 4) is 0 Å². The van der Waals surface area contributed by atoms with Crippen LogP contribution in [-0.2, 0) is 0 Å². The third-order valence-corrected chi connectivity index (χ3v) is 5.90. The van der Waals surface area contributed by atoms with Crippen LogP contribution in [0.15, 0.2) is 0 Å². The minimum absolute atomic E-state index is 0.0759. The van der Waals surface area contributed by atoms with Crippen LogP contribution in [0.5, 0.6) is 0 Å². The fourth-order valence-electron chi connectivity index (χ4n) is 4.48. The third kappa shape index (κ3) is 9.66. The van der Waals surface area contributed by atoms with Crippen LogP contribution in [0, 0.1) is 10.6 Å². The zero-order valence-corrected chi connectivity index (χ0v) is 17.7. The maximum absolute atomic E-state index is 12.1. The van der Waals surface area contributed by atoms with Crippen LogP contribution in [0.3, 0.4) is 0 Å². The molecule has 0 bridgehead atoms. The lowest BCUT2D eigenvalue weighted by Crippen LogP contribution is -2.32. The van der Waals surface area contributed by atoms with Crippen LogP contribution in [0.1, 0.15) is 130 Å². The summed E-state index contributed by atoms with van der Waals surface area (Å²) in [6.07, 6.45) is 23.4. The van der Waals surface area contributed by atoms with E-state index in [0.29, 0.717) is 0 Å². The van der Waals surface area contributed by atoms with Crippen LogP contribution >= 0.6 is 0 Å². The van der Waals surface area contributed by atoms with Gasteiger partial charge in [0.25, 0.3) is 0 Å². The Morgan fingerprint density at radius 1 is 0.720 bits per heavy atom. The first-order valence-corrected chi connectivity index (χ1v) is 11.2. The molecule has 1 unspecified atom stereocenters. The van der Waals surface area contributed by atoms with Gasteiger partial charge in [0.1, 0.15) is 0 Å². The van der Waals surface area contributed by atoms with Gasteiger partial charge in [0.05, 0.1) is 0 Å². The van der Waals surface area contributed by atoms with Crippen molar-refractivity contribution < 1.29 is 4.74 Å². The fourth-order valence-corrected chi connectivity index (χ4v) is 4.48. The van der Waals surface area contributed by atoms with Gasteiger partial charge in [0, 0.05) is 25.2 Å². The summed E-state index contributed by atoms with van der Waals surface area (Å²) in [6.45, 7) is 8.78. The van der Waals surface area contributed by atoms with Crippen molar-refractivity contribution in [2.45, 2.75) is 136 Å². The summed E-state index contributed by atoms with van der Waals surface area (Å²) in [5, 5.41) is 12.1. The molecule has 0 aromatic rings. The number of rotatable bonds is 15. The predicted octanol–water partition coefficient (Wildman–Crippen LogP) is 7.63. The van der Waals surface area contributed by atoms with E-state index in [1.54, 1.807) is 0 Å². The first kappa shape index (κ1) is 22.5. The molecule has 0 fully saturated rings. The number of unbranched alkanes of at least 4 members (excludes halogenated alkanes) is 13. The second kappa shape index (κ2) is 12.0. The molecule has 0 aromatic carbocycles. The Hall–Kier alpha value is -0.530. The summed E-state index contributed by atoms with van der Waals surface area (Å²) >= 11 is 0. The Morgan fingerprint density at radius 3 is 1.48 bits per heavy atom. The minimum Gasteiger partial charge on any atom is -0.624 e. The number of hydrogen-bond donors (Lipinski definition) is 0. The standard InChI is InChI=1S/C23H45NO/c1-5-6-7-8-9-10-11-12-13-14-15-16-17-18-19-23(4)20-22(2,3)21-24(23)25/h21H,5-20H2,1-4H3. The lowest BCUT2D eigenvalue weighted by atomic mass is 9.81. The van der Waals surface area contributed by atoms with Crippen LogP contribution in [0.4, 0.5) is 0 Å². The van der Waals surface area contributed by atoms with Crippen molar-refractivity contribution >= 4 is 6.21 Å². The van der Waals surface area contributed by atoms with Crippen LogP contribution in [0.25, 0.3) is 0 Å². The molecule has 1 aliphatic heterocycles. The van der Waals surface area contributed by atoms with E-state index < -0.39 is 0 Å². The molecule has 0 spiro atoms. The largest absolute Gasteiger partial charge is 0.624 e. The average Bonchev–Trinajstić information content (AvgIpc) is 2.75. The van der Waals surface area contributed by atoms with Crippen molar-refractivity contribution in [3.63, 3.8) is 0 Å². The molecule has 0 N–H and O–H groups in total. The van der Waals surface area contributed by atoms with Gasteiger partial charge in [-0.2, -0.15) is 0 Å². The minimum atomic E-state index is -0.152.